The van der Waals surface area contributed by atoms with Crippen molar-refractivity contribution in [1.82, 2.24) is 9.13 Å². The lowest BCUT2D eigenvalue weighted by molar-refractivity contribution is -0.119. The average Bonchev–Trinajstić information content (AvgIpc) is 3.44. The Morgan fingerprint density at radius 2 is 1.73 bits per heavy atom. The van der Waals surface area contributed by atoms with Gasteiger partial charge in [-0.15, -0.1) is 0 Å². The van der Waals surface area contributed by atoms with E-state index in [2.05, 4.69) is 0 Å². The number of aromatic nitrogens is 2. The summed E-state index contributed by atoms with van der Waals surface area (Å²) in [5.74, 6) is 0.311. The van der Waals surface area contributed by atoms with Crippen LogP contribution in [-0.2, 0) is 24.3 Å². The number of nitrogens with zero attached hydrogens (tertiary/aromatic N) is 3. The molecular weight excluding hydrogens is 382 g/mol. The number of carbonyl (C=O) groups excluding carboxylic acids is 1. The van der Waals surface area contributed by atoms with Crippen molar-refractivity contribution in [2.45, 2.75) is 19.5 Å². The van der Waals surface area contributed by atoms with Crippen molar-refractivity contribution in [2.24, 2.45) is 0 Å². The second kappa shape index (κ2) is 7.18. The monoisotopic (exact) mass is 401 g/mol. The zero-order chi connectivity index (χ0) is 20.7. The summed E-state index contributed by atoms with van der Waals surface area (Å²) < 4.78 is 7.81. The molecule has 0 radical (unpaired) electrons. The van der Waals surface area contributed by atoms with Gasteiger partial charge in [0.25, 0.3) is 5.56 Å². The minimum Gasteiger partial charge on any atom is -0.467 e. The first-order valence-corrected chi connectivity index (χ1v) is 9.76. The summed E-state index contributed by atoms with van der Waals surface area (Å²) in [4.78, 5) is 41.0. The first-order valence-electron chi connectivity index (χ1n) is 9.76. The minimum atomic E-state index is -0.532. The smallest absolute Gasteiger partial charge is 0.332 e. The van der Waals surface area contributed by atoms with Gasteiger partial charge in [-0.25, -0.2) is 4.79 Å². The van der Waals surface area contributed by atoms with Crippen LogP contribution in [0.4, 0.5) is 5.69 Å². The van der Waals surface area contributed by atoms with Crippen molar-refractivity contribution in [3.05, 3.63) is 99.1 Å². The molecule has 0 saturated heterocycles. The molecule has 0 spiro atoms. The lowest BCUT2D eigenvalue weighted by atomic mass is 10.2. The van der Waals surface area contributed by atoms with Crippen LogP contribution in [0.3, 0.4) is 0 Å². The van der Waals surface area contributed by atoms with Crippen LogP contribution in [0.25, 0.3) is 10.9 Å². The summed E-state index contributed by atoms with van der Waals surface area (Å²) >= 11 is 0. The predicted molar refractivity (Wildman–Crippen MR) is 113 cm³/mol. The molecule has 3 heterocycles. The van der Waals surface area contributed by atoms with E-state index >= 15 is 0 Å². The zero-order valence-electron chi connectivity index (χ0n) is 16.2. The Morgan fingerprint density at radius 1 is 0.933 bits per heavy atom. The third-order valence-electron chi connectivity index (χ3n) is 5.51. The maximum absolute atomic E-state index is 13.2. The van der Waals surface area contributed by atoms with Crippen LogP contribution < -0.4 is 16.1 Å². The number of carbonyl (C=O) groups is 1. The number of hydrogen-bond donors (Lipinski definition) is 0. The third kappa shape index (κ3) is 2.95. The van der Waals surface area contributed by atoms with Crippen molar-refractivity contribution >= 4 is 22.5 Å². The maximum atomic E-state index is 13.2. The molecular formula is C23H19N3O4. The highest BCUT2D eigenvalue weighted by Crippen LogP contribution is 2.27. The van der Waals surface area contributed by atoms with Crippen LogP contribution in [0.1, 0.15) is 11.3 Å². The maximum Gasteiger partial charge on any atom is 0.332 e. The Kier molecular flexibility index (Phi) is 4.35. The van der Waals surface area contributed by atoms with Crippen molar-refractivity contribution in [3.63, 3.8) is 0 Å². The van der Waals surface area contributed by atoms with Crippen LogP contribution >= 0.6 is 0 Å². The first kappa shape index (κ1) is 18.2. The normalized spacial score (nSPS) is 13.0. The van der Waals surface area contributed by atoms with Gasteiger partial charge in [-0.1, -0.05) is 30.3 Å². The molecule has 1 amide bonds. The fraction of sp³-hybridized carbons (Fsp3) is 0.174. The van der Waals surface area contributed by atoms with E-state index in [0.29, 0.717) is 23.2 Å². The van der Waals surface area contributed by atoms with Crippen LogP contribution in [0.15, 0.2) is 80.9 Å². The van der Waals surface area contributed by atoms with E-state index in [0.717, 1.165) is 22.2 Å². The van der Waals surface area contributed by atoms with Crippen molar-refractivity contribution in [3.8, 4) is 0 Å². The van der Waals surface area contributed by atoms with E-state index in [1.165, 1.54) is 10.8 Å². The second-order valence-corrected chi connectivity index (χ2v) is 7.28. The Morgan fingerprint density at radius 3 is 2.57 bits per heavy atom. The molecule has 0 saturated carbocycles. The van der Waals surface area contributed by atoms with E-state index in [1.807, 2.05) is 24.3 Å². The molecule has 2 aromatic carbocycles. The highest BCUT2D eigenvalue weighted by molar-refractivity contribution is 5.96. The quantitative estimate of drug-likeness (QED) is 0.526. The minimum absolute atomic E-state index is 0.0102. The number of rotatable bonds is 4. The third-order valence-corrected chi connectivity index (χ3v) is 5.51. The zero-order valence-corrected chi connectivity index (χ0v) is 16.2. The van der Waals surface area contributed by atoms with Crippen LogP contribution in [0, 0.1) is 0 Å². The Hall–Kier alpha value is -3.87. The second-order valence-electron chi connectivity index (χ2n) is 7.28. The van der Waals surface area contributed by atoms with Gasteiger partial charge in [0.2, 0.25) is 5.91 Å². The highest BCUT2D eigenvalue weighted by atomic mass is 16.3. The molecule has 150 valence electrons. The van der Waals surface area contributed by atoms with E-state index in [9.17, 15) is 14.4 Å². The van der Waals surface area contributed by atoms with Crippen LogP contribution in [0.5, 0.6) is 0 Å². The lowest BCUT2D eigenvalue weighted by Crippen LogP contribution is -2.43. The molecule has 0 fully saturated rings. The van der Waals surface area contributed by atoms with Gasteiger partial charge >= 0.3 is 5.69 Å². The lowest BCUT2D eigenvalue weighted by Gasteiger charge is -2.19. The van der Waals surface area contributed by atoms with Gasteiger partial charge in [0.15, 0.2) is 0 Å². The van der Waals surface area contributed by atoms with Gasteiger partial charge in [0.05, 0.1) is 23.7 Å². The molecule has 7 heteroatoms. The summed E-state index contributed by atoms with van der Waals surface area (Å²) in [6.45, 7) is 0.444. The van der Waals surface area contributed by atoms with Crippen molar-refractivity contribution in [1.29, 1.82) is 0 Å². The highest BCUT2D eigenvalue weighted by Gasteiger charge is 2.25. The number of benzene rings is 2. The standard InChI is InChI=1S/C23H19N3O4/c27-21(24-12-11-16-6-1-3-9-19(16)24)15-25-20-10-4-2-8-18(20)22(28)26(23(25)29)14-17-7-5-13-30-17/h1-10,13H,11-12,14-15H2. The van der Waals surface area contributed by atoms with Gasteiger partial charge in [-0.05, 0) is 42.3 Å². The van der Waals surface area contributed by atoms with E-state index in [4.69, 9.17) is 4.42 Å². The van der Waals surface area contributed by atoms with Crippen molar-refractivity contribution < 1.29 is 9.21 Å². The number of furan rings is 1. The molecule has 1 aliphatic heterocycles. The summed E-state index contributed by atoms with van der Waals surface area (Å²) in [5.41, 5.74) is 1.51. The SMILES string of the molecule is O=C(Cn1c(=O)n(Cc2ccco2)c(=O)c2ccccc21)N1CCc2ccccc21. The van der Waals surface area contributed by atoms with E-state index in [-0.39, 0.29) is 19.0 Å². The average molecular weight is 401 g/mol. The largest absolute Gasteiger partial charge is 0.467 e. The molecule has 30 heavy (non-hydrogen) atoms. The van der Waals surface area contributed by atoms with Gasteiger partial charge in [-0.3, -0.25) is 18.7 Å². The van der Waals surface area contributed by atoms with Gasteiger partial charge in [-0.2, -0.15) is 0 Å². The molecule has 0 aliphatic carbocycles. The summed E-state index contributed by atoms with van der Waals surface area (Å²) in [7, 11) is 0. The fourth-order valence-corrected chi connectivity index (χ4v) is 4.04. The molecule has 0 bridgehead atoms. The number of hydrogen-bond acceptors (Lipinski definition) is 4. The molecule has 0 unspecified atom stereocenters. The molecule has 0 atom stereocenters. The van der Waals surface area contributed by atoms with Crippen molar-refractivity contribution in [2.75, 3.05) is 11.4 Å². The first-order chi connectivity index (χ1) is 14.6. The van der Waals surface area contributed by atoms with E-state index < -0.39 is 11.2 Å². The van der Waals surface area contributed by atoms with E-state index in [1.54, 1.807) is 41.3 Å². The molecule has 7 nitrogen and oxygen atoms in total. The van der Waals surface area contributed by atoms with Gasteiger partial charge in [0, 0.05) is 12.2 Å². The Bertz CT molecular complexity index is 1370. The molecule has 1 aliphatic rings. The van der Waals surface area contributed by atoms with Crippen LogP contribution in [-0.4, -0.2) is 21.6 Å². The number of anilines is 1. The summed E-state index contributed by atoms with van der Waals surface area (Å²) in [5, 5.41) is 0.387. The predicted octanol–water partition coefficient (Wildman–Crippen LogP) is 2.39. The molecule has 4 aromatic rings. The van der Waals surface area contributed by atoms with Crippen LogP contribution in [0.2, 0.25) is 0 Å². The summed E-state index contributed by atoms with van der Waals surface area (Å²) in [6.07, 6.45) is 2.28. The number of amides is 1. The number of fused-ring (bicyclic) bond motifs is 2. The van der Waals surface area contributed by atoms with Gasteiger partial charge < -0.3 is 9.32 Å². The summed E-state index contributed by atoms with van der Waals surface area (Å²) in [6, 6.07) is 18.0. The van der Waals surface area contributed by atoms with Gasteiger partial charge in [0.1, 0.15) is 12.3 Å². The Balaban J connectivity index is 1.59. The Labute approximate surface area is 171 Å². The molecule has 5 rings (SSSR count). The molecule has 2 aromatic heterocycles. The fourth-order valence-electron chi connectivity index (χ4n) is 4.04. The molecule has 0 N–H and O–H groups in total. The topological polar surface area (TPSA) is 77.5 Å². The number of para-hydroxylation sites is 2.